The maximum atomic E-state index is 5.79. The molecule has 2 N–H and O–H groups in total. The van der Waals surface area contributed by atoms with Crippen LogP contribution >= 0.6 is 24.0 Å². The standard InChI is InChI=1S/C24H29N5O2.HI/c1-3-12-25-24(28-19-10-11-22-23(17-19)31-16-7-15-30-22)26-13-6-14-29-18(2)27-20-8-4-5-9-21(20)29;/h3-5,8-11,17H,1,6-7,12-16H2,2H3,(H2,25,26,28);1H. The Morgan fingerprint density at radius 2 is 2.00 bits per heavy atom. The van der Waals surface area contributed by atoms with E-state index in [1.807, 2.05) is 43.3 Å². The van der Waals surface area contributed by atoms with Crippen LogP contribution in [0.15, 0.2) is 60.1 Å². The predicted molar refractivity (Wildman–Crippen MR) is 141 cm³/mol. The molecule has 0 amide bonds. The zero-order valence-corrected chi connectivity index (χ0v) is 20.7. The van der Waals surface area contributed by atoms with Crippen molar-refractivity contribution in [1.29, 1.82) is 0 Å². The lowest BCUT2D eigenvalue weighted by molar-refractivity contribution is 0.297. The Morgan fingerprint density at radius 3 is 2.84 bits per heavy atom. The number of nitrogens with one attached hydrogen (secondary N) is 2. The lowest BCUT2D eigenvalue weighted by Crippen LogP contribution is -2.31. The molecule has 0 unspecified atom stereocenters. The topological polar surface area (TPSA) is 72.7 Å². The molecule has 3 aromatic rings. The van der Waals surface area contributed by atoms with Crippen molar-refractivity contribution in [3.05, 3.63) is 60.9 Å². The number of benzene rings is 2. The van der Waals surface area contributed by atoms with Gasteiger partial charge < -0.3 is 24.7 Å². The molecule has 0 atom stereocenters. The second-order valence-electron chi connectivity index (χ2n) is 7.39. The Hall–Kier alpha value is -2.75. The summed E-state index contributed by atoms with van der Waals surface area (Å²) in [5.41, 5.74) is 3.10. The lowest BCUT2D eigenvalue weighted by atomic mass is 10.2. The van der Waals surface area contributed by atoms with Gasteiger partial charge in [0.05, 0.1) is 24.2 Å². The van der Waals surface area contributed by atoms with Crippen molar-refractivity contribution in [3.8, 4) is 11.5 Å². The minimum Gasteiger partial charge on any atom is -0.490 e. The average Bonchev–Trinajstić information content (AvgIpc) is 2.94. The summed E-state index contributed by atoms with van der Waals surface area (Å²) in [5.74, 6) is 3.28. The van der Waals surface area contributed by atoms with Crippen molar-refractivity contribution < 1.29 is 9.47 Å². The van der Waals surface area contributed by atoms with Gasteiger partial charge in [-0.2, -0.15) is 0 Å². The number of rotatable bonds is 7. The van der Waals surface area contributed by atoms with E-state index in [0.29, 0.717) is 32.3 Å². The summed E-state index contributed by atoms with van der Waals surface area (Å²) in [7, 11) is 0. The highest BCUT2D eigenvalue weighted by molar-refractivity contribution is 14.0. The molecule has 1 aromatic heterocycles. The van der Waals surface area contributed by atoms with Crippen molar-refractivity contribution in [3.63, 3.8) is 0 Å². The van der Waals surface area contributed by atoms with Crippen molar-refractivity contribution in [2.24, 2.45) is 4.99 Å². The number of aromatic nitrogens is 2. The molecule has 1 aliphatic rings. The summed E-state index contributed by atoms with van der Waals surface area (Å²) in [4.78, 5) is 9.37. The third-order valence-electron chi connectivity index (χ3n) is 5.08. The maximum Gasteiger partial charge on any atom is 0.196 e. The molecule has 7 nitrogen and oxygen atoms in total. The van der Waals surface area contributed by atoms with Crippen LogP contribution in [0.5, 0.6) is 11.5 Å². The van der Waals surface area contributed by atoms with Gasteiger partial charge in [0, 0.05) is 37.8 Å². The number of nitrogens with zero attached hydrogens (tertiary/aromatic N) is 3. The highest BCUT2D eigenvalue weighted by Gasteiger charge is 2.11. The summed E-state index contributed by atoms with van der Waals surface area (Å²) in [6, 6.07) is 14.1. The van der Waals surface area contributed by atoms with Gasteiger partial charge in [0.2, 0.25) is 0 Å². The molecule has 2 aromatic carbocycles. The first-order valence-electron chi connectivity index (χ1n) is 10.7. The fraction of sp³-hybridized carbons (Fsp3) is 0.333. The van der Waals surface area contributed by atoms with E-state index in [1.54, 1.807) is 0 Å². The molecule has 1 aliphatic heterocycles. The molecular formula is C24H30IN5O2. The number of aryl methyl sites for hydroxylation is 2. The fourth-order valence-electron chi connectivity index (χ4n) is 3.58. The van der Waals surface area contributed by atoms with Gasteiger partial charge in [0.15, 0.2) is 17.5 Å². The Labute approximate surface area is 205 Å². The zero-order valence-electron chi connectivity index (χ0n) is 18.3. The number of halogens is 1. The normalized spacial score (nSPS) is 13.2. The summed E-state index contributed by atoms with van der Waals surface area (Å²) < 4.78 is 13.7. The van der Waals surface area contributed by atoms with E-state index < -0.39 is 0 Å². The third-order valence-corrected chi connectivity index (χ3v) is 5.08. The molecule has 2 heterocycles. The molecule has 0 saturated heterocycles. The monoisotopic (exact) mass is 547 g/mol. The molecule has 4 rings (SSSR count). The number of imidazole rings is 1. The summed E-state index contributed by atoms with van der Waals surface area (Å²) >= 11 is 0. The lowest BCUT2D eigenvalue weighted by Gasteiger charge is -2.14. The maximum absolute atomic E-state index is 5.79. The van der Waals surface area contributed by atoms with Crippen molar-refractivity contribution >= 4 is 46.7 Å². The van der Waals surface area contributed by atoms with E-state index in [1.165, 1.54) is 5.52 Å². The molecule has 0 radical (unpaired) electrons. The summed E-state index contributed by atoms with van der Waals surface area (Å²) in [6.45, 7) is 9.35. The number of aliphatic imine (C=N–C) groups is 1. The zero-order chi connectivity index (χ0) is 21.5. The molecule has 0 fully saturated rings. The van der Waals surface area contributed by atoms with Gasteiger partial charge in [0.1, 0.15) is 5.82 Å². The molecular weight excluding hydrogens is 517 g/mol. The molecule has 8 heteroatoms. The van der Waals surface area contributed by atoms with Crippen LogP contribution in [0.1, 0.15) is 18.7 Å². The van der Waals surface area contributed by atoms with E-state index in [4.69, 9.17) is 14.5 Å². The molecule has 0 saturated carbocycles. The quantitative estimate of drug-likeness (QED) is 0.147. The summed E-state index contributed by atoms with van der Waals surface area (Å²) in [6.07, 6.45) is 3.60. The highest BCUT2D eigenvalue weighted by Crippen LogP contribution is 2.32. The van der Waals surface area contributed by atoms with E-state index in [-0.39, 0.29) is 24.0 Å². The Morgan fingerprint density at radius 1 is 1.19 bits per heavy atom. The third kappa shape index (κ3) is 5.93. The highest BCUT2D eigenvalue weighted by atomic mass is 127. The second kappa shape index (κ2) is 11.8. The van der Waals surface area contributed by atoms with Crippen LogP contribution in [0.3, 0.4) is 0 Å². The molecule has 0 spiro atoms. The number of anilines is 1. The largest absolute Gasteiger partial charge is 0.490 e. The van der Waals surface area contributed by atoms with Gasteiger partial charge in [-0.3, -0.25) is 4.99 Å². The van der Waals surface area contributed by atoms with Gasteiger partial charge in [0.25, 0.3) is 0 Å². The van der Waals surface area contributed by atoms with Crippen LogP contribution in [0.25, 0.3) is 11.0 Å². The van der Waals surface area contributed by atoms with Crippen molar-refractivity contribution in [2.75, 3.05) is 31.6 Å². The fourth-order valence-corrected chi connectivity index (χ4v) is 3.58. The first-order valence-corrected chi connectivity index (χ1v) is 10.7. The Balaban J connectivity index is 0.00000289. The molecule has 170 valence electrons. The number of hydrogen-bond donors (Lipinski definition) is 2. The minimum absolute atomic E-state index is 0. The van der Waals surface area contributed by atoms with Crippen LogP contribution in [0.2, 0.25) is 0 Å². The first-order chi connectivity index (χ1) is 15.2. The van der Waals surface area contributed by atoms with Gasteiger partial charge in [-0.05, 0) is 37.6 Å². The number of hydrogen-bond acceptors (Lipinski definition) is 4. The second-order valence-corrected chi connectivity index (χ2v) is 7.39. The van der Waals surface area contributed by atoms with E-state index in [9.17, 15) is 0 Å². The molecule has 0 aliphatic carbocycles. The van der Waals surface area contributed by atoms with Crippen molar-refractivity contribution in [1.82, 2.24) is 14.9 Å². The van der Waals surface area contributed by atoms with Crippen molar-refractivity contribution in [2.45, 2.75) is 26.3 Å². The van der Waals surface area contributed by atoms with E-state index in [2.05, 4.69) is 38.9 Å². The number of guanidine groups is 1. The SMILES string of the molecule is C=CCNC(=NCCCn1c(C)nc2ccccc21)Nc1ccc2c(c1)OCCCO2.I. The van der Waals surface area contributed by atoms with Gasteiger partial charge in [-0.15, -0.1) is 30.6 Å². The van der Waals surface area contributed by atoms with Gasteiger partial charge in [-0.25, -0.2) is 4.98 Å². The Bertz CT molecular complexity index is 1080. The van der Waals surface area contributed by atoms with Gasteiger partial charge in [-0.1, -0.05) is 18.2 Å². The van der Waals surface area contributed by atoms with Crippen LogP contribution in [-0.2, 0) is 6.54 Å². The molecule has 32 heavy (non-hydrogen) atoms. The van der Waals surface area contributed by atoms with Crippen LogP contribution in [0.4, 0.5) is 5.69 Å². The molecule has 0 bridgehead atoms. The smallest absolute Gasteiger partial charge is 0.196 e. The van der Waals surface area contributed by atoms with E-state index in [0.717, 1.165) is 47.9 Å². The van der Waals surface area contributed by atoms with E-state index >= 15 is 0 Å². The number of para-hydroxylation sites is 2. The van der Waals surface area contributed by atoms with Crippen LogP contribution < -0.4 is 20.1 Å². The minimum atomic E-state index is 0. The summed E-state index contributed by atoms with van der Waals surface area (Å²) in [5, 5.41) is 6.63. The number of ether oxygens (including phenoxy) is 2. The predicted octanol–water partition coefficient (Wildman–Crippen LogP) is 4.76. The van der Waals surface area contributed by atoms with Crippen LogP contribution in [0, 0.1) is 6.92 Å². The van der Waals surface area contributed by atoms with Gasteiger partial charge >= 0.3 is 0 Å². The first kappa shape index (κ1) is 23.9. The average molecular weight is 547 g/mol. The van der Waals surface area contributed by atoms with Crippen LogP contribution in [-0.4, -0.2) is 41.8 Å². The Kier molecular flexibility index (Phi) is 8.78. The number of fused-ring (bicyclic) bond motifs is 2.